The van der Waals surface area contributed by atoms with Crippen LogP contribution in [0.25, 0.3) is 0 Å². The molecule has 0 bridgehead atoms. The molecule has 0 saturated heterocycles. The molecule has 0 radical (unpaired) electrons. The number of aromatic nitrogens is 2. The maximum atomic E-state index is 8.83. The molecule has 0 aliphatic heterocycles. The van der Waals surface area contributed by atoms with Crippen molar-refractivity contribution in [3.63, 3.8) is 0 Å². The van der Waals surface area contributed by atoms with E-state index in [9.17, 15) is 0 Å². The summed E-state index contributed by atoms with van der Waals surface area (Å²) in [5.74, 6) is 0. The van der Waals surface area contributed by atoms with Gasteiger partial charge in [-0.3, -0.25) is 0 Å². The van der Waals surface area contributed by atoms with E-state index in [0.717, 1.165) is 10.0 Å². The summed E-state index contributed by atoms with van der Waals surface area (Å²) >= 11 is 1.54. The molecule has 1 N–H and O–H groups in total. The zero-order valence-corrected chi connectivity index (χ0v) is 8.88. The number of rotatable bonds is 2. The Morgan fingerprint density at radius 3 is 3.00 bits per heavy atom. The van der Waals surface area contributed by atoms with E-state index in [2.05, 4.69) is 15.3 Å². The van der Waals surface area contributed by atoms with Crippen LogP contribution in [0.15, 0.2) is 24.5 Å². The van der Waals surface area contributed by atoms with Crippen LogP contribution in [0.3, 0.4) is 0 Å². The van der Waals surface area contributed by atoms with Crippen molar-refractivity contribution in [3.8, 4) is 6.07 Å². The van der Waals surface area contributed by atoms with Crippen LogP contribution in [0.2, 0.25) is 0 Å². The van der Waals surface area contributed by atoms with Gasteiger partial charge in [0.15, 0.2) is 10.8 Å². The Balaban J connectivity index is 2.28. The summed E-state index contributed by atoms with van der Waals surface area (Å²) in [5, 5.41) is 12.7. The van der Waals surface area contributed by atoms with Crippen LogP contribution in [-0.4, -0.2) is 9.97 Å². The molecule has 0 unspecified atom stereocenters. The van der Waals surface area contributed by atoms with E-state index in [-0.39, 0.29) is 0 Å². The molecular formula is C10H8N4S. The van der Waals surface area contributed by atoms with Crippen molar-refractivity contribution >= 4 is 22.2 Å². The van der Waals surface area contributed by atoms with Crippen molar-refractivity contribution in [1.29, 1.82) is 5.26 Å². The van der Waals surface area contributed by atoms with Crippen LogP contribution in [0.1, 0.15) is 10.6 Å². The smallest absolute Gasteiger partial charge is 0.187 e. The lowest BCUT2D eigenvalue weighted by Crippen LogP contribution is -1.94. The highest BCUT2D eigenvalue weighted by Crippen LogP contribution is 2.22. The van der Waals surface area contributed by atoms with E-state index in [1.54, 1.807) is 29.8 Å². The molecule has 0 atom stereocenters. The molecule has 74 valence electrons. The maximum absolute atomic E-state index is 8.83. The molecule has 2 heterocycles. The molecule has 0 saturated carbocycles. The van der Waals surface area contributed by atoms with Crippen LogP contribution in [0.5, 0.6) is 0 Å². The van der Waals surface area contributed by atoms with E-state index < -0.39 is 0 Å². The second kappa shape index (κ2) is 4.07. The highest BCUT2D eigenvalue weighted by Gasteiger charge is 2.04. The van der Waals surface area contributed by atoms with Gasteiger partial charge in [0, 0.05) is 17.3 Å². The summed E-state index contributed by atoms with van der Waals surface area (Å²) in [6.45, 7) is 1.98. The molecule has 0 aliphatic carbocycles. The lowest BCUT2D eigenvalue weighted by molar-refractivity contribution is 1.25. The number of thiazole rings is 1. The molecule has 15 heavy (non-hydrogen) atoms. The molecule has 2 aromatic rings. The number of nitriles is 1. The Labute approximate surface area is 91.2 Å². The standard InChI is InChI=1S/C10H8N4S/c1-7-6-13-10(15-7)14-8-3-2-4-12-9(8)5-11/h2-4,6H,1H3,(H,13,14). The van der Waals surface area contributed by atoms with Gasteiger partial charge in [-0.1, -0.05) is 0 Å². The maximum Gasteiger partial charge on any atom is 0.187 e. The first-order chi connectivity index (χ1) is 7.29. The van der Waals surface area contributed by atoms with Gasteiger partial charge in [0.1, 0.15) is 6.07 Å². The Bertz CT molecular complexity index is 512. The summed E-state index contributed by atoms with van der Waals surface area (Å²) in [4.78, 5) is 9.23. The van der Waals surface area contributed by atoms with Gasteiger partial charge in [-0.05, 0) is 19.1 Å². The van der Waals surface area contributed by atoms with Gasteiger partial charge in [-0.15, -0.1) is 11.3 Å². The summed E-state index contributed by atoms with van der Waals surface area (Å²) in [5.41, 5.74) is 1.07. The van der Waals surface area contributed by atoms with E-state index >= 15 is 0 Å². The number of hydrogen-bond acceptors (Lipinski definition) is 5. The molecule has 0 aromatic carbocycles. The first kappa shape index (κ1) is 9.62. The lowest BCUT2D eigenvalue weighted by atomic mass is 10.3. The summed E-state index contributed by atoms with van der Waals surface area (Å²) in [6.07, 6.45) is 3.38. The summed E-state index contributed by atoms with van der Waals surface area (Å²) in [6, 6.07) is 5.62. The summed E-state index contributed by atoms with van der Waals surface area (Å²) in [7, 11) is 0. The quantitative estimate of drug-likeness (QED) is 0.837. The molecule has 2 aromatic heterocycles. The molecule has 0 amide bonds. The van der Waals surface area contributed by atoms with Crippen LogP contribution in [-0.2, 0) is 0 Å². The molecule has 2 rings (SSSR count). The second-order valence-corrected chi connectivity index (χ2v) is 4.15. The first-order valence-electron chi connectivity index (χ1n) is 4.34. The van der Waals surface area contributed by atoms with Crippen molar-refractivity contribution < 1.29 is 0 Å². The topological polar surface area (TPSA) is 61.6 Å². The van der Waals surface area contributed by atoms with Crippen molar-refractivity contribution in [1.82, 2.24) is 9.97 Å². The number of hydrogen-bond donors (Lipinski definition) is 1. The minimum Gasteiger partial charge on any atom is -0.329 e. The zero-order chi connectivity index (χ0) is 10.7. The van der Waals surface area contributed by atoms with Crippen molar-refractivity contribution in [2.75, 3.05) is 5.32 Å². The van der Waals surface area contributed by atoms with Gasteiger partial charge >= 0.3 is 0 Å². The number of aryl methyl sites for hydroxylation is 1. The summed E-state index contributed by atoms with van der Waals surface area (Å²) < 4.78 is 0. The van der Waals surface area contributed by atoms with Gasteiger partial charge in [-0.2, -0.15) is 5.26 Å². The van der Waals surface area contributed by atoms with Crippen LogP contribution in [0, 0.1) is 18.3 Å². The molecule has 0 aliphatic rings. The third kappa shape index (κ3) is 2.11. The molecule has 5 heteroatoms. The normalized spacial score (nSPS) is 9.60. The number of nitrogens with one attached hydrogen (secondary N) is 1. The van der Waals surface area contributed by atoms with E-state index in [4.69, 9.17) is 5.26 Å². The van der Waals surface area contributed by atoms with Crippen molar-refractivity contribution in [2.45, 2.75) is 6.92 Å². The van der Waals surface area contributed by atoms with E-state index in [1.807, 2.05) is 19.1 Å². The second-order valence-electron chi connectivity index (χ2n) is 2.91. The minimum atomic E-state index is 0.380. The van der Waals surface area contributed by atoms with Crippen molar-refractivity contribution in [3.05, 3.63) is 35.1 Å². The SMILES string of the molecule is Cc1cnc(Nc2cccnc2C#N)s1. The third-order valence-corrected chi connectivity index (χ3v) is 2.60. The average Bonchev–Trinajstić information content (AvgIpc) is 2.65. The highest BCUT2D eigenvalue weighted by atomic mass is 32.1. The molecule has 4 nitrogen and oxygen atoms in total. The fourth-order valence-corrected chi connectivity index (χ4v) is 1.80. The van der Waals surface area contributed by atoms with Gasteiger partial charge in [0.05, 0.1) is 5.69 Å². The van der Waals surface area contributed by atoms with Crippen molar-refractivity contribution in [2.24, 2.45) is 0 Å². The Hall–Kier alpha value is -1.93. The number of nitrogens with zero attached hydrogens (tertiary/aromatic N) is 3. The average molecular weight is 216 g/mol. The number of pyridine rings is 1. The monoisotopic (exact) mass is 216 g/mol. The Morgan fingerprint density at radius 1 is 1.47 bits per heavy atom. The largest absolute Gasteiger partial charge is 0.329 e. The van der Waals surface area contributed by atoms with Crippen LogP contribution in [0.4, 0.5) is 10.8 Å². The van der Waals surface area contributed by atoms with Gasteiger partial charge in [-0.25, -0.2) is 9.97 Å². The number of anilines is 2. The Morgan fingerprint density at radius 2 is 2.33 bits per heavy atom. The first-order valence-corrected chi connectivity index (χ1v) is 5.16. The lowest BCUT2D eigenvalue weighted by Gasteiger charge is -2.02. The predicted octanol–water partition coefficient (Wildman–Crippen LogP) is 2.46. The predicted molar refractivity (Wildman–Crippen MR) is 59.1 cm³/mol. The van der Waals surface area contributed by atoms with E-state index in [0.29, 0.717) is 11.4 Å². The fourth-order valence-electron chi connectivity index (χ4n) is 1.12. The van der Waals surface area contributed by atoms with Crippen LogP contribution < -0.4 is 5.32 Å². The van der Waals surface area contributed by atoms with Gasteiger partial charge in [0.25, 0.3) is 0 Å². The third-order valence-electron chi connectivity index (χ3n) is 1.78. The zero-order valence-electron chi connectivity index (χ0n) is 8.06. The fraction of sp³-hybridized carbons (Fsp3) is 0.100. The van der Waals surface area contributed by atoms with Gasteiger partial charge < -0.3 is 5.32 Å². The Kier molecular flexibility index (Phi) is 2.61. The van der Waals surface area contributed by atoms with Crippen LogP contribution >= 0.6 is 11.3 Å². The molecular weight excluding hydrogens is 208 g/mol. The molecule has 0 fully saturated rings. The highest BCUT2D eigenvalue weighted by molar-refractivity contribution is 7.15. The minimum absolute atomic E-state index is 0.380. The van der Waals surface area contributed by atoms with Gasteiger partial charge in [0.2, 0.25) is 0 Å². The molecule has 0 spiro atoms. The van der Waals surface area contributed by atoms with E-state index in [1.165, 1.54) is 0 Å².